The van der Waals surface area contributed by atoms with Gasteiger partial charge in [0.25, 0.3) is 0 Å². The maximum Gasteiger partial charge on any atom is 0.313 e. The molecular weight excluding hydrogens is 190 g/mol. The maximum atomic E-state index is 11.1. The predicted octanol–water partition coefficient (Wildman–Crippen LogP) is 2.53. The quantitative estimate of drug-likeness (QED) is 0.788. The van der Waals surface area contributed by atoms with E-state index in [1.165, 1.54) is 0 Å². The Hall–Kier alpha value is -1.77. The summed E-state index contributed by atoms with van der Waals surface area (Å²) in [6.07, 6.45) is 1.78. The van der Waals surface area contributed by atoms with Gasteiger partial charge in [0, 0.05) is 17.1 Å². The van der Waals surface area contributed by atoms with Crippen molar-refractivity contribution in [1.82, 2.24) is 4.98 Å². The van der Waals surface area contributed by atoms with Gasteiger partial charge in [-0.1, -0.05) is 18.2 Å². The number of H-pyrrole nitrogens is 1. The number of carboxylic acid groups (broad SMARTS) is 1. The molecule has 78 valence electrons. The molecule has 0 atom stereocenters. The molecule has 3 nitrogen and oxygen atoms in total. The average molecular weight is 203 g/mol. The molecule has 0 aliphatic carbocycles. The first-order valence-electron chi connectivity index (χ1n) is 4.83. The van der Waals surface area contributed by atoms with E-state index in [-0.39, 0.29) is 0 Å². The number of rotatable bonds is 2. The Morgan fingerprint density at radius 2 is 2.00 bits per heavy atom. The molecule has 0 saturated carbocycles. The van der Waals surface area contributed by atoms with E-state index in [1.807, 2.05) is 24.3 Å². The van der Waals surface area contributed by atoms with Crippen LogP contribution in [-0.4, -0.2) is 16.1 Å². The van der Waals surface area contributed by atoms with Gasteiger partial charge in [-0.3, -0.25) is 4.79 Å². The molecular formula is C12H13NO2. The van der Waals surface area contributed by atoms with Gasteiger partial charge < -0.3 is 10.1 Å². The number of carboxylic acids is 1. The fraction of sp³-hybridized carbons (Fsp3) is 0.250. The van der Waals surface area contributed by atoms with E-state index in [0.717, 1.165) is 16.5 Å². The molecule has 1 aromatic heterocycles. The number of aromatic nitrogens is 1. The summed E-state index contributed by atoms with van der Waals surface area (Å²) >= 11 is 0. The summed E-state index contributed by atoms with van der Waals surface area (Å²) in [5.41, 5.74) is 0.937. The lowest BCUT2D eigenvalue weighted by Crippen LogP contribution is -2.28. The van der Waals surface area contributed by atoms with Crippen molar-refractivity contribution in [3.05, 3.63) is 36.0 Å². The van der Waals surface area contributed by atoms with Crippen LogP contribution in [0.3, 0.4) is 0 Å². The summed E-state index contributed by atoms with van der Waals surface area (Å²) in [6.45, 7) is 3.43. The standard InChI is InChI=1S/C12H13NO2/c1-12(2,11(14)15)9-7-13-10-6-4-3-5-8(9)10/h3-7,13H,1-2H3,(H,14,15). The number of carbonyl (C=O) groups is 1. The summed E-state index contributed by atoms with van der Waals surface area (Å²) in [5.74, 6) is -0.813. The summed E-state index contributed by atoms with van der Waals surface area (Å²) in [5, 5.41) is 10.1. The Bertz CT molecular complexity index is 511. The first-order valence-corrected chi connectivity index (χ1v) is 4.83. The fourth-order valence-electron chi connectivity index (χ4n) is 1.70. The van der Waals surface area contributed by atoms with Gasteiger partial charge in [0.2, 0.25) is 0 Å². The van der Waals surface area contributed by atoms with Crippen molar-refractivity contribution in [2.75, 3.05) is 0 Å². The number of nitrogens with one attached hydrogen (secondary N) is 1. The first-order chi connectivity index (χ1) is 7.03. The number of hydrogen-bond acceptors (Lipinski definition) is 1. The average Bonchev–Trinajstić information content (AvgIpc) is 2.61. The lowest BCUT2D eigenvalue weighted by atomic mass is 9.85. The third kappa shape index (κ3) is 1.40. The zero-order chi connectivity index (χ0) is 11.1. The molecule has 3 heteroatoms. The van der Waals surface area contributed by atoms with Crippen LogP contribution >= 0.6 is 0 Å². The molecule has 0 bridgehead atoms. The van der Waals surface area contributed by atoms with Crippen molar-refractivity contribution < 1.29 is 9.90 Å². The van der Waals surface area contributed by atoms with E-state index in [0.29, 0.717) is 0 Å². The number of para-hydroxylation sites is 1. The SMILES string of the molecule is CC(C)(C(=O)O)c1c[nH]c2ccccc12. The molecule has 2 aromatic rings. The molecule has 1 heterocycles. The predicted molar refractivity (Wildman–Crippen MR) is 59.0 cm³/mol. The highest BCUT2D eigenvalue weighted by atomic mass is 16.4. The van der Waals surface area contributed by atoms with Crippen molar-refractivity contribution in [2.24, 2.45) is 0 Å². The number of hydrogen-bond donors (Lipinski definition) is 2. The Labute approximate surface area is 87.7 Å². The zero-order valence-electron chi connectivity index (χ0n) is 8.74. The van der Waals surface area contributed by atoms with E-state index in [1.54, 1.807) is 20.0 Å². The van der Waals surface area contributed by atoms with Crippen LogP contribution in [0.25, 0.3) is 10.9 Å². The van der Waals surface area contributed by atoms with Crippen molar-refractivity contribution in [1.29, 1.82) is 0 Å². The lowest BCUT2D eigenvalue weighted by Gasteiger charge is -2.18. The van der Waals surface area contributed by atoms with Gasteiger partial charge in [0.05, 0.1) is 5.41 Å². The molecule has 1 aromatic carbocycles. The molecule has 0 unspecified atom stereocenters. The van der Waals surface area contributed by atoms with Gasteiger partial charge in [-0.15, -0.1) is 0 Å². The molecule has 0 saturated heterocycles. The topological polar surface area (TPSA) is 53.1 Å². The molecule has 2 N–H and O–H groups in total. The number of benzene rings is 1. The number of aromatic amines is 1. The summed E-state index contributed by atoms with van der Waals surface area (Å²) in [7, 11) is 0. The van der Waals surface area contributed by atoms with Crippen molar-refractivity contribution in [3.63, 3.8) is 0 Å². The second-order valence-electron chi connectivity index (χ2n) is 4.18. The van der Waals surface area contributed by atoms with E-state index < -0.39 is 11.4 Å². The van der Waals surface area contributed by atoms with E-state index in [2.05, 4.69) is 4.98 Å². The second-order valence-corrected chi connectivity index (χ2v) is 4.18. The molecule has 0 spiro atoms. The maximum absolute atomic E-state index is 11.1. The minimum atomic E-state index is -0.862. The highest BCUT2D eigenvalue weighted by molar-refractivity contribution is 5.91. The summed E-state index contributed by atoms with van der Waals surface area (Å²) in [6, 6.07) is 7.72. The Morgan fingerprint density at radius 1 is 1.33 bits per heavy atom. The van der Waals surface area contributed by atoms with Gasteiger partial charge in [0.15, 0.2) is 0 Å². The molecule has 0 fully saturated rings. The highest BCUT2D eigenvalue weighted by Crippen LogP contribution is 2.30. The van der Waals surface area contributed by atoms with Crippen LogP contribution < -0.4 is 0 Å². The lowest BCUT2D eigenvalue weighted by molar-refractivity contribution is -0.142. The van der Waals surface area contributed by atoms with Crippen molar-refractivity contribution in [2.45, 2.75) is 19.3 Å². The third-order valence-corrected chi connectivity index (χ3v) is 2.80. The van der Waals surface area contributed by atoms with Crippen molar-refractivity contribution in [3.8, 4) is 0 Å². The first kappa shape index (κ1) is 9.77. The van der Waals surface area contributed by atoms with Crippen LogP contribution in [0, 0.1) is 0 Å². The van der Waals surface area contributed by atoms with Crippen LogP contribution in [0.15, 0.2) is 30.5 Å². The molecule has 0 aliphatic heterocycles. The second kappa shape index (κ2) is 3.12. The number of aliphatic carboxylic acids is 1. The van der Waals surface area contributed by atoms with Crippen molar-refractivity contribution >= 4 is 16.9 Å². The zero-order valence-corrected chi connectivity index (χ0v) is 8.74. The van der Waals surface area contributed by atoms with Crippen LogP contribution in [0.1, 0.15) is 19.4 Å². The van der Waals surface area contributed by atoms with Gasteiger partial charge in [0.1, 0.15) is 0 Å². The molecule has 15 heavy (non-hydrogen) atoms. The van der Waals surface area contributed by atoms with Crippen LogP contribution in [0.2, 0.25) is 0 Å². The van der Waals surface area contributed by atoms with Crippen LogP contribution in [-0.2, 0) is 10.2 Å². The molecule has 0 amide bonds. The highest BCUT2D eigenvalue weighted by Gasteiger charge is 2.31. The summed E-state index contributed by atoms with van der Waals surface area (Å²) < 4.78 is 0. The Kier molecular flexibility index (Phi) is 2.03. The fourth-order valence-corrected chi connectivity index (χ4v) is 1.70. The Balaban J connectivity index is 2.67. The van der Waals surface area contributed by atoms with Crippen LogP contribution in [0.4, 0.5) is 0 Å². The Morgan fingerprint density at radius 3 is 2.67 bits per heavy atom. The third-order valence-electron chi connectivity index (χ3n) is 2.80. The minimum Gasteiger partial charge on any atom is -0.481 e. The smallest absolute Gasteiger partial charge is 0.313 e. The van der Waals surface area contributed by atoms with Gasteiger partial charge in [-0.25, -0.2) is 0 Å². The normalized spacial score (nSPS) is 11.9. The van der Waals surface area contributed by atoms with E-state index in [9.17, 15) is 4.79 Å². The van der Waals surface area contributed by atoms with Gasteiger partial charge >= 0.3 is 5.97 Å². The summed E-state index contributed by atoms with van der Waals surface area (Å²) in [4.78, 5) is 14.2. The van der Waals surface area contributed by atoms with Gasteiger partial charge in [-0.05, 0) is 25.5 Å². The molecule has 2 rings (SSSR count). The minimum absolute atomic E-state index is 0.813. The van der Waals surface area contributed by atoms with E-state index in [4.69, 9.17) is 5.11 Å². The van der Waals surface area contributed by atoms with E-state index >= 15 is 0 Å². The number of fused-ring (bicyclic) bond motifs is 1. The molecule has 0 radical (unpaired) electrons. The molecule has 0 aliphatic rings. The largest absolute Gasteiger partial charge is 0.481 e. The van der Waals surface area contributed by atoms with Gasteiger partial charge in [-0.2, -0.15) is 0 Å². The monoisotopic (exact) mass is 203 g/mol. The van der Waals surface area contributed by atoms with Crippen LogP contribution in [0.5, 0.6) is 0 Å².